The van der Waals surface area contributed by atoms with E-state index in [0.717, 1.165) is 39.6 Å². The number of carbonyl (C=O) groups excluding carboxylic acids is 1. The fraction of sp³-hybridized carbons (Fsp3) is 0.188. The molecule has 1 atom stereocenters. The molecule has 8 nitrogen and oxygen atoms in total. The molecule has 6 rings (SSSR count). The minimum atomic E-state index is -0.352. The quantitative estimate of drug-likeness (QED) is 0.282. The van der Waals surface area contributed by atoms with Gasteiger partial charge in [-0.15, -0.1) is 0 Å². The van der Waals surface area contributed by atoms with Gasteiger partial charge in [-0.2, -0.15) is 5.10 Å². The van der Waals surface area contributed by atoms with E-state index in [-0.39, 0.29) is 12.1 Å². The van der Waals surface area contributed by atoms with Crippen molar-refractivity contribution in [3.63, 3.8) is 0 Å². The van der Waals surface area contributed by atoms with Crippen LogP contribution in [0.3, 0.4) is 0 Å². The number of rotatable bonds is 5. The first-order valence-corrected chi connectivity index (χ1v) is 13.2. The summed E-state index contributed by atoms with van der Waals surface area (Å²) >= 11 is 0. The average molecular weight is 534 g/mol. The molecular formula is C32H31N5O3. The van der Waals surface area contributed by atoms with Crippen molar-refractivity contribution < 1.29 is 14.3 Å². The topological polar surface area (TPSA) is 73.5 Å². The molecule has 202 valence electrons. The third-order valence-electron chi connectivity index (χ3n) is 7.36. The zero-order valence-corrected chi connectivity index (χ0v) is 23.0. The van der Waals surface area contributed by atoms with Gasteiger partial charge in [-0.25, -0.2) is 9.48 Å². The molecule has 2 aromatic heterocycles. The molecule has 0 radical (unpaired) electrons. The van der Waals surface area contributed by atoms with Crippen LogP contribution in [0.5, 0.6) is 11.5 Å². The van der Waals surface area contributed by atoms with Crippen molar-refractivity contribution in [3.8, 4) is 23.0 Å². The number of methoxy groups -OCH3 is 2. The number of carbonyl (C=O) groups is 1. The average Bonchev–Trinajstić information content (AvgIpc) is 3.53. The van der Waals surface area contributed by atoms with E-state index in [4.69, 9.17) is 14.6 Å². The van der Waals surface area contributed by atoms with Crippen LogP contribution in [-0.4, -0.2) is 39.5 Å². The second-order valence-corrected chi connectivity index (χ2v) is 9.88. The van der Waals surface area contributed by atoms with E-state index in [1.807, 2.05) is 65.2 Å². The van der Waals surface area contributed by atoms with Gasteiger partial charge in [0.25, 0.3) is 0 Å². The number of amides is 2. The highest BCUT2D eigenvalue weighted by atomic mass is 16.5. The van der Waals surface area contributed by atoms with Crippen molar-refractivity contribution in [1.29, 1.82) is 0 Å². The van der Waals surface area contributed by atoms with Crippen LogP contribution in [0.2, 0.25) is 0 Å². The highest BCUT2D eigenvalue weighted by Crippen LogP contribution is 2.39. The van der Waals surface area contributed by atoms with Gasteiger partial charge in [0.2, 0.25) is 0 Å². The van der Waals surface area contributed by atoms with Crippen LogP contribution < -0.4 is 14.8 Å². The maximum atomic E-state index is 14.2. The number of anilines is 1. The number of nitrogens with one attached hydrogen (secondary N) is 1. The van der Waals surface area contributed by atoms with Gasteiger partial charge in [-0.3, -0.25) is 0 Å². The first-order chi connectivity index (χ1) is 19.5. The van der Waals surface area contributed by atoms with Crippen molar-refractivity contribution >= 4 is 11.7 Å². The standard InChI is InChI=1S/C32H31N5O3/c1-21-10-8-11-23(18-21)30-28-14-9-17-35(28)31-26(22(2)34-37(31)24-12-6-5-7-13-24)20-36(30)32(38)33-27-16-15-25(39-3)19-29(27)40-4/h5-19,30H,20H2,1-4H3,(H,33,38)/t30-/m1/s1. The van der Waals surface area contributed by atoms with Crippen LogP contribution in [0, 0.1) is 13.8 Å². The van der Waals surface area contributed by atoms with E-state index in [0.29, 0.717) is 23.7 Å². The number of urea groups is 1. The molecule has 0 spiro atoms. The normalized spacial score (nSPS) is 14.2. The number of aromatic nitrogens is 3. The first-order valence-electron chi connectivity index (χ1n) is 13.2. The summed E-state index contributed by atoms with van der Waals surface area (Å²) in [7, 11) is 3.17. The van der Waals surface area contributed by atoms with Crippen LogP contribution in [-0.2, 0) is 6.54 Å². The fourth-order valence-corrected chi connectivity index (χ4v) is 5.43. The Kier molecular flexibility index (Phi) is 6.51. The number of hydrogen-bond donors (Lipinski definition) is 1. The number of benzene rings is 3. The number of ether oxygens (including phenoxy) is 2. The van der Waals surface area contributed by atoms with Crippen LogP contribution in [0.1, 0.15) is 34.1 Å². The summed E-state index contributed by atoms with van der Waals surface area (Å²) in [6, 6.07) is 27.3. The lowest BCUT2D eigenvalue weighted by atomic mass is 10.00. The Morgan fingerprint density at radius 1 is 0.925 bits per heavy atom. The summed E-state index contributed by atoms with van der Waals surface area (Å²) < 4.78 is 15.0. The third-order valence-corrected chi connectivity index (χ3v) is 7.36. The Morgan fingerprint density at radius 2 is 1.75 bits per heavy atom. The zero-order chi connectivity index (χ0) is 27.8. The minimum absolute atomic E-state index is 0.248. The second-order valence-electron chi connectivity index (χ2n) is 9.88. The highest BCUT2D eigenvalue weighted by Gasteiger charge is 2.36. The van der Waals surface area contributed by atoms with Gasteiger partial charge in [0.1, 0.15) is 17.3 Å². The largest absolute Gasteiger partial charge is 0.497 e. The molecular weight excluding hydrogens is 502 g/mol. The van der Waals surface area contributed by atoms with E-state index in [1.54, 1.807) is 32.4 Å². The monoisotopic (exact) mass is 533 g/mol. The summed E-state index contributed by atoms with van der Waals surface area (Å²) in [5.41, 5.74) is 6.49. The Labute approximate surface area is 233 Å². The van der Waals surface area contributed by atoms with Crippen molar-refractivity contribution in [3.05, 3.63) is 119 Å². The van der Waals surface area contributed by atoms with Gasteiger partial charge < -0.3 is 24.3 Å². The number of para-hydroxylation sites is 1. The predicted molar refractivity (Wildman–Crippen MR) is 155 cm³/mol. The van der Waals surface area contributed by atoms with Gasteiger partial charge in [0.15, 0.2) is 0 Å². The van der Waals surface area contributed by atoms with Gasteiger partial charge in [-0.05, 0) is 55.8 Å². The van der Waals surface area contributed by atoms with E-state index in [9.17, 15) is 4.79 Å². The fourth-order valence-electron chi connectivity index (χ4n) is 5.43. The van der Waals surface area contributed by atoms with Crippen LogP contribution in [0.4, 0.5) is 10.5 Å². The Bertz CT molecular complexity index is 1690. The smallest absolute Gasteiger partial charge is 0.323 e. The third kappa shape index (κ3) is 4.37. The summed E-state index contributed by atoms with van der Waals surface area (Å²) in [6.07, 6.45) is 2.05. The number of hydrogen-bond acceptors (Lipinski definition) is 4. The Balaban J connectivity index is 1.52. The lowest BCUT2D eigenvalue weighted by Crippen LogP contribution is -2.38. The number of aryl methyl sites for hydroxylation is 2. The van der Waals surface area contributed by atoms with E-state index in [1.165, 1.54) is 0 Å². The Morgan fingerprint density at radius 3 is 2.50 bits per heavy atom. The SMILES string of the molecule is COc1ccc(NC(=O)N2Cc3c(C)nn(-c4ccccc4)c3-n3cccc3[C@H]2c2cccc(C)c2)c(OC)c1. The molecule has 5 aromatic rings. The highest BCUT2D eigenvalue weighted by molar-refractivity contribution is 5.92. The van der Waals surface area contributed by atoms with Crippen LogP contribution >= 0.6 is 0 Å². The van der Waals surface area contributed by atoms with Gasteiger partial charge in [0, 0.05) is 17.8 Å². The lowest BCUT2D eigenvalue weighted by Gasteiger charge is -2.31. The molecule has 0 bridgehead atoms. The minimum Gasteiger partial charge on any atom is -0.497 e. The summed E-state index contributed by atoms with van der Waals surface area (Å²) in [5.74, 6) is 2.10. The van der Waals surface area contributed by atoms with Crippen molar-refractivity contribution in [2.75, 3.05) is 19.5 Å². The second kappa shape index (κ2) is 10.3. The molecule has 3 aromatic carbocycles. The maximum Gasteiger partial charge on any atom is 0.323 e. The van der Waals surface area contributed by atoms with Gasteiger partial charge in [0.05, 0.1) is 49.6 Å². The Hall–Kier alpha value is -4.98. The maximum absolute atomic E-state index is 14.2. The van der Waals surface area contributed by atoms with Gasteiger partial charge in [-0.1, -0.05) is 48.0 Å². The summed E-state index contributed by atoms with van der Waals surface area (Å²) in [4.78, 5) is 16.1. The molecule has 0 unspecified atom stereocenters. The van der Waals surface area contributed by atoms with Crippen molar-refractivity contribution in [2.45, 2.75) is 26.4 Å². The molecule has 1 aliphatic heterocycles. The predicted octanol–water partition coefficient (Wildman–Crippen LogP) is 6.43. The molecule has 1 aliphatic rings. The summed E-state index contributed by atoms with van der Waals surface area (Å²) in [6.45, 7) is 4.42. The molecule has 0 saturated heterocycles. The number of nitrogens with zero attached hydrogens (tertiary/aromatic N) is 4. The van der Waals surface area contributed by atoms with E-state index in [2.05, 4.69) is 41.1 Å². The van der Waals surface area contributed by atoms with Gasteiger partial charge >= 0.3 is 6.03 Å². The number of fused-ring (bicyclic) bond motifs is 3. The first kappa shape index (κ1) is 25.3. The van der Waals surface area contributed by atoms with E-state index >= 15 is 0 Å². The molecule has 0 fully saturated rings. The molecule has 8 heteroatoms. The molecule has 0 aliphatic carbocycles. The summed E-state index contributed by atoms with van der Waals surface area (Å²) in [5, 5.41) is 8.03. The molecule has 1 N–H and O–H groups in total. The zero-order valence-electron chi connectivity index (χ0n) is 23.0. The molecule has 0 saturated carbocycles. The van der Waals surface area contributed by atoms with E-state index < -0.39 is 0 Å². The van der Waals surface area contributed by atoms with Crippen molar-refractivity contribution in [1.82, 2.24) is 19.2 Å². The molecule has 40 heavy (non-hydrogen) atoms. The molecule has 2 amide bonds. The lowest BCUT2D eigenvalue weighted by molar-refractivity contribution is 0.194. The molecule has 3 heterocycles. The van der Waals surface area contributed by atoms with Crippen LogP contribution in [0.25, 0.3) is 11.5 Å². The van der Waals surface area contributed by atoms with Crippen molar-refractivity contribution in [2.24, 2.45) is 0 Å². The van der Waals surface area contributed by atoms with Crippen LogP contribution in [0.15, 0.2) is 91.1 Å².